The summed E-state index contributed by atoms with van der Waals surface area (Å²) in [7, 11) is -9.79. The van der Waals surface area contributed by atoms with Gasteiger partial charge >= 0.3 is 79.6 Å². The van der Waals surface area contributed by atoms with Crippen LogP contribution < -0.4 is 0 Å². The number of halogens is 18. The number of carboxylic acids is 3. The molecule has 0 aliphatic rings. The summed E-state index contributed by atoms with van der Waals surface area (Å²) in [5.41, 5.74) is -23.3. The number of aliphatic carboxylic acids is 3. The van der Waals surface area contributed by atoms with Crippen LogP contribution in [-0.4, -0.2) is 87.1 Å². The Kier molecular flexibility index (Phi) is 9.53. The van der Waals surface area contributed by atoms with E-state index in [1.807, 2.05) is 13.6 Å². The fourth-order valence-electron chi connectivity index (χ4n) is 2.20. The molecule has 0 unspecified atom stereocenters. The number of hydrogen-bond acceptors (Lipinski definition) is 7. The molecule has 242 valence electrons. The lowest BCUT2D eigenvalue weighted by atomic mass is 10.0. The van der Waals surface area contributed by atoms with Crippen molar-refractivity contribution in [2.45, 2.75) is 53.9 Å². The zero-order chi connectivity index (χ0) is 33.9. The second kappa shape index (κ2) is 10.2. The molecular formula is C12H3F18O10P. The molecule has 0 aromatic rings. The first-order valence-electron chi connectivity index (χ1n) is 8.28. The number of carboxylic acid groups (broad SMARTS) is 3. The van der Waals surface area contributed by atoms with E-state index in [4.69, 9.17) is 15.3 Å². The molecule has 0 radical (unpaired) electrons. The predicted octanol–water partition coefficient (Wildman–Crippen LogP) is 4.99. The molecule has 0 atom stereocenters. The lowest BCUT2D eigenvalue weighted by Gasteiger charge is -2.41. The van der Waals surface area contributed by atoms with Gasteiger partial charge in [-0.05, 0) is 0 Å². The standard InChI is InChI=1S/C12H3F18O10P/c13-7(14,15)4(1(31)32,8(16,17)18)38-41(37,39-5(2(33)34,9(19,20)21)10(22,23)24)40-6(3(35)36,11(25,26)27)12(28,29)30/h(H,31,32)(H,33,34)(H,35,36). The third-order valence-electron chi connectivity index (χ3n) is 4.04. The van der Waals surface area contributed by atoms with E-state index in [2.05, 4.69) is 0 Å². The Morgan fingerprint density at radius 3 is 0.585 bits per heavy atom. The minimum Gasteiger partial charge on any atom is -0.479 e. The summed E-state index contributed by atoms with van der Waals surface area (Å²) in [5, 5.41) is 25.2. The van der Waals surface area contributed by atoms with Crippen LogP contribution in [0.15, 0.2) is 0 Å². The monoisotopic (exact) mass is 680 g/mol. The fourth-order valence-corrected chi connectivity index (χ4v) is 4.17. The molecule has 0 aromatic heterocycles. The van der Waals surface area contributed by atoms with Crippen LogP contribution in [0.5, 0.6) is 0 Å². The molecular weight excluding hydrogens is 677 g/mol. The Labute approximate surface area is 207 Å². The van der Waals surface area contributed by atoms with Gasteiger partial charge in [-0.25, -0.2) is 18.9 Å². The van der Waals surface area contributed by atoms with Gasteiger partial charge in [0.1, 0.15) is 0 Å². The second-order valence-corrected chi connectivity index (χ2v) is 8.11. The minimum atomic E-state index is -9.79. The number of phosphoric ester groups is 1. The van der Waals surface area contributed by atoms with Crippen molar-refractivity contribution in [3.63, 3.8) is 0 Å². The van der Waals surface area contributed by atoms with E-state index in [1.165, 1.54) is 0 Å². The van der Waals surface area contributed by atoms with Gasteiger partial charge in [0.25, 0.3) is 0 Å². The molecule has 0 amide bonds. The van der Waals surface area contributed by atoms with E-state index in [-0.39, 0.29) is 0 Å². The number of rotatable bonds is 9. The van der Waals surface area contributed by atoms with Crippen molar-refractivity contribution in [3.05, 3.63) is 0 Å². The summed E-state index contributed by atoms with van der Waals surface area (Å²) in [6.45, 7) is 0. The molecule has 0 fully saturated rings. The molecule has 0 rings (SSSR count). The van der Waals surface area contributed by atoms with E-state index in [0.29, 0.717) is 0 Å². The normalized spacial score (nSPS) is 15.6. The molecule has 0 aliphatic heterocycles. The maximum atomic E-state index is 13.2. The van der Waals surface area contributed by atoms with Crippen molar-refractivity contribution >= 4 is 25.7 Å². The molecule has 0 saturated carbocycles. The molecule has 0 heterocycles. The number of phosphoric acid groups is 1. The highest BCUT2D eigenvalue weighted by molar-refractivity contribution is 7.48. The number of carbonyl (C=O) groups is 3. The van der Waals surface area contributed by atoms with Crippen LogP contribution in [0.25, 0.3) is 0 Å². The van der Waals surface area contributed by atoms with Crippen LogP contribution in [0.3, 0.4) is 0 Å². The second-order valence-electron chi connectivity index (χ2n) is 6.67. The first-order valence-corrected chi connectivity index (χ1v) is 9.74. The lowest BCUT2D eigenvalue weighted by Crippen LogP contribution is -2.68. The highest BCUT2D eigenvalue weighted by Gasteiger charge is 2.87. The van der Waals surface area contributed by atoms with Crippen molar-refractivity contribution in [1.82, 2.24) is 0 Å². The average molecular weight is 680 g/mol. The molecule has 0 spiro atoms. The molecule has 10 nitrogen and oxygen atoms in total. The van der Waals surface area contributed by atoms with Gasteiger partial charge in [0.2, 0.25) is 0 Å². The highest BCUT2D eigenvalue weighted by Crippen LogP contribution is 2.68. The van der Waals surface area contributed by atoms with Crippen molar-refractivity contribution < 1.29 is 127 Å². The SMILES string of the molecule is O=C(O)C(OP(=O)(OC(C(=O)O)(C(F)(F)F)C(F)(F)F)OC(C(=O)O)(C(F)(F)F)C(F)(F)F)(C(F)(F)F)C(F)(F)F. The molecule has 0 aromatic carbocycles. The zero-order valence-electron chi connectivity index (χ0n) is 17.4. The van der Waals surface area contributed by atoms with E-state index in [1.54, 1.807) is 0 Å². The van der Waals surface area contributed by atoms with Crippen molar-refractivity contribution in [2.24, 2.45) is 0 Å². The summed E-state index contributed by atoms with van der Waals surface area (Å²) in [6, 6.07) is 0. The van der Waals surface area contributed by atoms with Crippen LogP contribution in [0.4, 0.5) is 79.0 Å². The van der Waals surface area contributed by atoms with E-state index in [0.717, 1.165) is 0 Å². The Hall–Kier alpha value is -2.74. The number of hydrogen-bond donors (Lipinski definition) is 3. The largest absolute Gasteiger partial charge is 0.479 e. The predicted molar refractivity (Wildman–Crippen MR) is 78.3 cm³/mol. The first kappa shape index (κ1) is 38.3. The highest BCUT2D eigenvalue weighted by atomic mass is 31.2. The third-order valence-corrected chi connectivity index (χ3v) is 5.54. The average Bonchev–Trinajstić information content (AvgIpc) is 2.61. The molecule has 41 heavy (non-hydrogen) atoms. The number of alkyl halides is 18. The van der Waals surface area contributed by atoms with Crippen molar-refractivity contribution in [3.8, 4) is 0 Å². The van der Waals surface area contributed by atoms with E-state index < -0.39 is 79.6 Å². The van der Waals surface area contributed by atoms with Gasteiger partial charge in [0.05, 0.1) is 0 Å². The van der Waals surface area contributed by atoms with Gasteiger partial charge < -0.3 is 15.3 Å². The Morgan fingerprint density at radius 2 is 0.512 bits per heavy atom. The minimum absolute atomic E-state index is 1.94. The maximum Gasteiger partial charge on any atom is 0.479 e. The third kappa shape index (κ3) is 6.08. The van der Waals surface area contributed by atoms with Gasteiger partial charge in [0, 0.05) is 0 Å². The van der Waals surface area contributed by atoms with Crippen LogP contribution in [0, 0.1) is 0 Å². The zero-order valence-corrected chi connectivity index (χ0v) is 18.3. The van der Waals surface area contributed by atoms with Crippen LogP contribution >= 0.6 is 7.82 Å². The Bertz CT molecular complexity index is 902. The smallest absolute Gasteiger partial charge is 0.479 e. The summed E-state index contributed by atoms with van der Waals surface area (Å²) in [5.74, 6) is -14.6. The van der Waals surface area contributed by atoms with Crippen LogP contribution in [0.1, 0.15) is 0 Å². The Balaban J connectivity index is 8.43. The first-order chi connectivity index (χ1) is 17.5. The Morgan fingerprint density at radius 1 is 0.390 bits per heavy atom. The summed E-state index contributed by atoms with van der Waals surface area (Å²) < 4.78 is 256. The summed E-state index contributed by atoms with van der Waals surface area (Å²) in [6.07, 6.45) is -48.1. The maximum absolute atomic E-state index is 13.2. The molecule has 0 saturated heterocycles. The van der Waals surface area contributed by atoms with Crippen LogP contribution in [0.2, 0.25) is 0 Å². The van der Waals surface area contributed by atoms with Crippen molar-refractivity contribution in [1.29, 1.82) is 0 Å². The summed E-state index contributed by atoms with van der Waals surface area (Å²) >= 11 is 0. The topological polar surface area (TPSA) is 157 Å². The molecule has 0 bridgehead atoms. The van der Waals surface area contributed by atoms with Gasteiger partial charge in [0.15, 0.2) is 0 Å². The van der Waals surface area contributed by atoms with Gasteiger partial charge in [-0.3, -0.25) is 13.6 Å². The van der Waals surface area contributed by atoms with Gasteiger partial charge in [-0.2, -0.15) is 79.0 Å². The molecule has 29 heteroatoms. The lowest BCUT2D eigenvalue weighted by molar-refractivity contribution is -0.376. The fraction of sp³-hybridized carbons (Fsp3) is 0.750. The van der Waals surface area contributed by atoms with Crippen LogP contribution in [-0.2, 0) is 32.5 Å². The van der Waals surface area contributed by atoms with Gasteiger partial charge in [-0.1, -0.05) is 0 Å². The van der Waals surface area contributed by atoms with E-state index >= 15 is 0 Å². The van der Waals surface area contributed by atoms with E-state index in [9.17, 15) is 98.0 Å². The quantitative estimate of drug-likeness (QED) is 0.224. The van der Waals surface area contributed by atoms with Gasteiger partial charge in [-0.15, -0.1) is 0 Å². The molecule has 3 N–H and O–H groups in total. The molecule has 0 aliphatic carbocycles. The summed E-state index contributed by atoms with van der Waals surface area (Å²) in [4.78, 5) is 32.6. The van der Waals surface area contributed by atoms with Crippen molar-refractivity contribution in [2.75, 3.05) is 0 Å².